The fourth-order valence-corrected chi connectivity index (χ4v) is 2.44. The van der Waals surface area contributed by atoms with Crippen molar-refractivity contribution < 1.29 is 4.79 Å². The predicted molar refractivity (Wildman–Crippen MR) is 70.9 cm³/mol. The highest BCUT2D eigenvalue weighted by molar-refractivity contribution is 5.90. The Morgan fingerprint density at radius 2 is 2.05 bits per heavy atom. The van der Waals surface area contributed by atoms with E-state index in [9.17, 15) is 4.79 Å². The third kappa shape index (κ3) is 2.01. The van der Waals surface area contributed by atoms with Gasteiger partial charge < -0.3 is 4.90 Å². The van der Waals surface area contributed by atoms with Crippen molar-refractivity contribution in [3.63, 3.8) is 0 Å². The first kappa shape index (κ1) is 11.9. The number of fused-ring (bicyclic) bond motifs is 1. The van der Waals surface area contributed by atoms with Crippen LogP contribution in [0.1, 0.15) is 34.5 Å². The van der Waals surface area contributed by atoms with E-state index in [-0.39, 0.29) is 11.9 Å². The van der Waals surface area contributed by atoms with Gasteiger partial charge in [-0.25, -0.2) is 9.67 Å². The van der Waals surface area contributed by atoms with Gasteiger partial charge in [-0.05, 0) is 12.0 Å². The Bertz CT molecular complexity index is 603. The van der Waals surface area contributed by atoms with Crippen molar-refractivity contribution >= 4 is 5.91 Å². The summed E-state index contributed by atoms with van der Waals surface area (Å²) in [4.78, 5) is 17.7. The maximum Gasteiger partial charge on any atom is 0.293 e. The Kier molecular flexibility index (Phi) is 2.81. The fraction of sp³-hybridized carbons (Fsp3) is 0.357. The molecule has 0 saturated carbocycles. The highest BCUT2D eigenvalue weighted by Crippen LogP contribution is 2.30. The third-order valence-electron chi connectivity index (χ3n) is 3.42. The molecule has 0 saturated heterocycles. The number of carbonyl (C=O) groups excluding carboxylic acids is 1. The van der Waals surface area contributed by atoms with Crippen LogP contribution in [-0.4, -0.2) is 39.7 Å². The first-order chi connectivity index (χ1) is 9.16. The van der Waals surface area contributed by atoms with E-state index in [0.717, 1.165) is 18.7 Å². The standard InChI is InChI=1S/C14H16N4O/c1-17(2)14(19)13-15-12-9-8-11(18(12)16-13)10-6-4-3-5-7-10/h3-7,11H,8-9H2,1-2H3. The van der Waals surface area contributed by atoms with Gasteiger partial charge >= 0.3 is 0 Å². The summed E-state index contributed by atoms with van der Waals surface area (Å²) in [5.41, 5.74) is 1.22. The van der Waals surface area contributed by atoms with Crippen LogP contribution in [0.4, 0.5) is 0 Å². The van der Waals surface area contributed by atoms with Crippen molar-refractivity contribution in [3.05, 3.63) is 47.5 Å². The summed E-state index contributed by atoms with van der Waals surface area (Å²) >= 11 is 0. The van der Waals surface area contributed by atoms with Gasteiger partial charge in [-0.1, -0.05) is 30.3 Å². The number of hydrogen-bond donors (Lipinski definition) is 0. The molecular weight excluding hydrogens is 240 g/mol. The van der Waals surface area contributed by atoms with Crippen LogP contribution in [-0.2, 0) is 6.42 Å². The van der Waals surface area contributed by atoms with Gasteiger partial charge in [0, 0.05) is 20.5 Å². The zero-order valence-electron chi connectivity index (χ0n) is 11.1. The van der Waals surface area contributed by atoms with Gasteiger partial charge in [-0.3, -0.25) is 4.79 Å². The Morgan fingerprint density at radius 3 is 2.74 bits per heavy atom. The van der Waals surface area contributed by atoms with Crippen molar-refractivity contribution in [1.82, 2.24) is 19.7 Å². The number of aromatic nitrogens is 3. The summed E-state index contributed by atoms with van der Waals surface area (Å²) in [5, 5.41) is 4.38. The molecule has 98 valence electrons. The number of nitrogens with zero attached hydrogens (tertiary/aromatic N) is 4. The Labute approximate surface area is 111 Å². The lowest BCUT2D eigenvalue weighted by Crippen LogP contribution is -2.23. The Balaban J connectivity index is 1.95. The normalized spacial score (nSPS) is 17.3. The number of amides is 1. The predicted octanol–water partition coefficient (Wildman–Crippen LogP) is 1.52. The lowest BCUT2D eigenvalue weighted by atomic mass is 10.1. The van der Waals surface area contributed by atoms with Crippen LogP contribution >= 0.6 is 0 Å². The van der Waals surface area contributed by atoms with E-state index in [1.807, 2.05) is 22.9 Å². The molecule has 1 aromatic heterocycles. The fourth-order valence-electron chi connectivity index (χ4n) is 2.44. The largest absolute Gasteiger partial charge is 0.342 e. The summed E-state index contributed by atoms with van der Waals surface area (Å²) in [7, 11) is 3.42. The molecule has 2 heterocycles. The van der Waals surface area contributed by atoms with Crippen LogP contribution < -0.4 is 0 Å². The number of aryl methyl sites for hydroxylation is 1. The minimum Gasteiger partial charge on any atom is -0.342 e. The maximum atomic E-state index is 11.9. The Morgan fingerprint density at radius 1 is 1.32 bits per heavy atom. The second-order valence-corrected chi connectivity index (χ2v) is 4.96. The maximum absolute atomic E-state index is 11.9. The van der Waals surface area contributed by atoms with Gasteiger partial charge in [0.25, 0.3) is 5.91 Å². The van der Waals surface area contributed by atoms with Crippen LogP contribution in [0.15, 0.2) is 30.3 Å². The van der Waals surface area contributed by atoms with Gasteiger partial charge in [-0.2, -0.15) is 0 Å². The highest BCUT2D eigenvalue weighted by Gasteiger charge is 2.28. The zero-order chi connectivity index (χ0) is 13.4. The molecule has 0 bridgehead atoms. The second kappa shape index (κ2) is 4.50. The minimum absolute atomic E-state index is 0.145. The molecule has 0 spiro atoms. The molecule has 0 fully saturated rings. The molecule has 1 aromatic carbocycles. The molecule has 3 rings (SSSR count). The molecule has 0 radical (unpaired) electrons. The van der Waals surface area contributed by atoms with Gasteiger partial charge in [0.15, 0.2) is 0 Å². The van der Waals surface area contributed by atoms with Crippen molar-refractivity contribution in [2.75, 3.05) is 14.1 Å². The number of benzene rings is 1. The topological polar surface area (TPSA) is 51.0 Å². The molecule has 1 unspecified atom stereocenters. The van der Waals surface area contributed by atoms with E-state index >= 15 is 0 Å². The van der Waals surface area contributed by atoms with Crippen LogP contribution in [0, 0.1) is 0 Å². The van der Waals surface area contributed by atoms with E-state index in [4.69, 9.17) is 0 Å². The Hall–Kier alpha value is -2.17. The molecule has 5 heteroatoms. The minimum atomic E-state index is -0.145. The molecular formula is C14H16N4O. The van der Waals surface area contributed by atoms with Crippen LogP contribution in [0.3, 0.4) is 0 Å². The van der Waals surface area contributed by atoms with E-state index in [2.05, 4.69) is 22.2 Å². The van der Waals surface area contributed by atoms with Crippen LogP contribution in [0.2, 0.25) is 0 Å². The molecule has 0 aliphatic carbocycles. The average Bonchev–Trinajstić information content (AvgIpc) is 2.98. The summed E-state index contributed by atoms with van der Waals surface area (Å²) in [6.07, 6.45) is 1.86. The van der Waals surface area contributed by atoms with E-state index in [1.165, 1.54) is 10.5 Å². The first-order valence-corrected chi connectivity index (χ1v) is 6.39. The molecule has 19 heavy (non-hydrogen) atoms. The van der Waals surface area contributed by atoms with Crippen LogP contribution in [0.25, 0.3) is 0 Å². The second-order valence-electron chi connectivity index (χ2n) is 4.96. The summed E-state index contributed by atoms with van der Waals surface area (Å²) in [5.74, 6) is 1.05. The number of carbonyl (C=O) groups is 1. The van der Waals surface area contributed by atoms with E-state index < -0.39 is 0 Å². The molecule has 1 aliphatic heterocycles. The lowest BCUT2D eigenvalue weighted by Gasteiger charge is -2.11. The molecule has 1 aliphatic rings. The van der Waals surface area contributed by atoms with Gasteiger partial charge in [0.1, 0.15) is 5.82 Å². The van der Waals surface area contributed by atoms with Crippen molar-refractivity contribution in [3.8, 4) is 0 Å². The molecule has 1 atom stereocenters. The van der Waals surface area contributed by atoms with Gasteiger partial charge in [-0.15, -0.1) is 5.10 Å². The quantitative estimate of drug-likeness (QED) is 0.818. The highest BCUT2D eigenvalue weighted by atomic mass is 16.2. The lowest BCUT2D eigenvalue weighted by molar-refractivity contribution is 0.0815. The van der Waals surface area contributed by atoms with E-state index in [1.54, 1.807) is 14.1 Å². The van der Waals surface area contributed by atoms with Crippen molar-refractivity contribution in [2.24, 2.45) is 0 Å². The van der Waals surface area contributed by atoms with Gasteiger partial charge in [0.05, 0.1) is 6.04 Å². The smallest absolute Gasteiger partial charge is 0.293 e. The third-order valence-corrected chi connectivity index (χ3v) is 3.42. The average molecular weight is 256 g/mol. The van der Waals surface area contributed by atoms with Crippen molar-refractivity contribution in [1.29, 1.82) is 0 Å². The number of hydrogen-bond acceptors (Lipinski definition) is 3. The zero-order valence-corrected chi connectivity index (χ0v) is 11.1. The summed E-state index contributed by atoms with van der Waals surface area (Å²) in [6, 6.07) is 10.4. The van der Waals surface area contributed by atoms with E-state index in [0.29, 0.717) is 5.82 Å². The SMILES string of the molecule is CN(C)C(=O)c1nc2n(n1)C(c1ccccc1)CC2. The molecule has 1 amide bonds. The van der Waals surface area contributed by atoms with Gasteiger partial charge in [0.2, 0.25) is 5.82 Å². The molecule has 2 aromatic rings. The first-order valence-electron chi connectivity index (χ1n) is 6.39. The molecule has 5 nitrogen and oxygen atoms in total. The summed E-state index contributed by atoms with van der Waals surface area (Å²) < 4.78 is 1.89. The summed E-state index contributed by atoms with van der Waals surface area (Å²) in [6.45, 7) is 0. The monoisotopic (exact) mass is 256 g/mol. The number of rotatable bonds is 2. The molecule has 0 N–H and O–H groups in total. The van der Waals surface area contributed by atoms with Crippen LogP contribution in [0.5, 0.6) is 0 Å². The van der Waals surface area contributed by atoms with Crippen molar-refractivity contribution in [2.45, 2.75) is 18.9 Å².